The van der Waals surface area contributed by atoms with Crippen molar-refractivity contribution in [3.05, 3.63) is 54.4 Å². The molecule has 2 aliphatic rings. The van der Waals surface area contributed by atoms with Crippen LogP contribution in [0.15, 0.2) is 48.8 Å². The summed E-state index contributed by atoms with van der Waals surface area (Å²) in [7, 11) is 0. The van der Waals surface area contributed by atoms with Gasteiger partial charge in [-0.2, -0.15) is 0 Å². The molecule has 4 rings (SSSR count). The second kappa shape index (κ2) is 7.36. The van der Waals surface area contributed by atoms with E-state index in [2.05, 4.69) is 4.98 Å². The Morgan fingerprint density at radius 1 is 1.12 bits per heavy atom. The summed E-state index contributed by atoms with van der Waals surface area (Å²) in [5, 5.41) is 0. The number of benzene rings is 1. The fourth-order valence-corrected chi connectivity index (χ4v) is 4.16. The smallest absolute Gasteiger partial charge is 0.261 e. The van der Waals surface area contributed by atoms with Gasteiger partial charge in [-0.05, 0) is 49.6 Å². The molecule has 1 amide bonds. The Bertz CT molecular complexity index is 751. The van der Waals surface area contributed by atoms with E-state index in [0.717, 1.165) is 42.7 Å². The van der Waals surface area contributed by atoms with Crippen molar-refractivity contribution in [3.63, 3.8) is 0 Å². The number of hydrogen-bond acceptors (Lipinski definition) is 4. The number of ether oxygens (including phenoxy) is 2. The molecule has 2 unspecified atom stereocenters. The fourth-order valence-electron chi connectivity index (χ4n) is 4.16. The first-order valence-electron chi connectivity index (χ1n) is 9.26. The standard InChI is InChI=1S/C21H24N2O3/c1-15-3-2-4-19(11-15)25-14-21(24)23-16-5-6-17(23)13-20(12-16)26-18-7-9-22-10-8-18/h2-4,7-11,16-17,20H,5-6,12-14H2,1H3. The molecule has 2 fully saturated rings. The second-order valence-corrected chi connectivity index (χ2v) is 7.19. The van der Waals surface area contributed by atoms with Crippen molar-refractivity contribution in [2.24, 2.45) is 0 Å². The van der Waals surface area contributed by atoms with Crippen LogP contribution in [0.25, 0.3) is 0 Å². The summed E-state index contributed by atoms with van der Waals surface area (Å²) >= 11 is 0. The molecule has 26 heavy (non-hydrogen) atoms. The van der Waals surface area contributed by atoms with Gasteiger partial charge in [0.15, 0.2) is 6.61 Å². The number of pyridine rings is 1. The predicted molar refractivity (Wildman–Crippen MR) is 98.2 cm³/mol. The van der Waals surface area contributed by atoms with Gasteiger partial charge in [0, 0.05) is 37.3 Å². The fraction of sp³-hybridized carbons (Fsp3) is 0.429. The zero-order valence-corrected chi connectivity index (χ0v) is 15.0. The van der Waals surface area contributed by atoms with E-state index in [9.17, 15) is 4.79 Å². The van der Waals surface area contributed by atoms with Crippen LogP contribution < -0.4 is 9.47 Å². The average molecular weight is 352 g/mol. The number of hydrogen-bond donors (Lipinski definition) is 0. The minimum Gasteiger partial charge on any atom is -0.490 e. The lowest BCUT2D eigenvalue weighted by atomic mass is 9.99. The summed E-state index contributed by atoms with van der Waals surface area (Å²) in [6.45, 7) is 2.12. The third-order valence-electron chi connectivity index (χ3n) is 5.28. The Morgan fingerprint density at radius 2 is 1.85 bits per heavy atom. The van der Waals surface area contributed by atoms with Gasteiger partial charge >= 0.3 is 0 Å². The van der Waals surface area contributed by atoms with Crippen molar-refractivity contribution in [3.8, 4) is 11.5 Å². The molecule has 5 heteroatoms. The maximum Gasteiger partial charge on any atom is 0.261 e. The van der Waals surface area contributed by atoms with E-state index >= 15 is 0 Å². The summed E-state index contributed by atoms with van der Waals surface area (Å²) in [4.78, 5) is 18.8. The molecule has 1 aromatic heterocycles. The largest absolute Gasteiger partial charge is 0.490 e. The lowest BCUT2D eigenvalue weighted by Gasteiger charge is -2.38. The number of carbonyl (C=O) groups excluding carboxylic acids is 1. The average Bonchev–Trinajstić information content (AvgIpc) is 2.92. The summed E-state index contributed by atoms with van der Waals surface area (Å²) in [5.41, 5.74) is 1.13. The first-order chi connectivity index (χ1) is 12.7. The molecule has 1 aromatic carbocycles. The van der Waals surface area contributed by atoms with Gasteiger partial charge in [0.2, 0.25) is 0 Å². The van der Waals surface area contributed by atoms with E-state index in [-0.39, 0.29) is 30.7 Å². The van der Waals surface area contributed by atoms with Crippen LogP contribution in [0.5, 0.6) is 11.5 Å². The van der Waals surface area contributed by atoms with Crippen LogP contribution >= 0.6 is 0 Å². The van der Waals surface area contributed by atoms with Gasteiger partial charge in [-0.1, -0.05) is 12.1 Å². The zero-order valence-electron chi connectivity index (χ0n) is 15.0. The highest BCUT2D eigenvalue weighted by Gasteiger charge is 2.44. The molecule has 3 heterocycles. The Hall–Kier alpha value is -2.56. The number of piperidine rings is 1. The molecule has 0 N–H and O–H groups in total. The summed E-state index contributed by atoms with van der Waals surface area (Å²) < 4.78 is 11.8. The van der Waals surface area contributed by atoms with Gasteiger partial charge < -0.3 is 14.4 Å². The van der Waals surface area contributed by atoms with Crippen LogP contribution in [0.3, 0.4) is 0 Å². The molecule has 0 spiro atoms. The SMILES string of the molecule is Cc1cccc(OCC(=O)N2C3CCC2CC(Oc2ccncc2)C3)c1. The zero-order chi connectivity index (χ0) is 17.9. The van der Waals surface area contributed by atoms with Crippen LogP contribution in [0.4, 0.5) is 0 Å². The highest BCUT2D eigenvalue weighted by Crippen LogP contribution is 2.37. The van der Waals surface area contributed by atoms with E-state index in [1.807, 2.05) is 48.2 Å². The van der Waals surface area contributed by atoms with E-state index in [1.54, 1.807) is 12.4 Å². The summed E-state index contributed by atoms with van der Waals surface area (Å²) in [5.74, 6) is 1.69. The van der Waals surface area contributed by atoms with Gasteiger partial charge in [0.1, 0.15) is 17.6 Å². The minimum absolute atomic E-state index is 0.0846. The van der Waals surface area contributed by atoms with Crippen molar-refractivity contribution in [1.82, 2.24) is 9.88 Å². The third kappa shape index (κ3) is 3.66. The quantitative estimate of drug-likeness (QED) is 0.828. The van der Waals surface area contributed by atoms with Crippen LogP contribution in [-0.4, -0.2) is 40.6 Å². The Balaban J connectivity index is 1.34. The highest BCUT2D eigenvalue weighted by molar-refractivity contribution is 5.79. The predicted octanol–water partition coefficient (Wildman–Crippen LogP) is 3.37. The lowest BCUT2D eigenvalue weighted by Crippen LogP contribution is -2.50. The van der Waals surface area contributed by atoms with Crippen LogP contribution in [0, 0.1) is 6.92 Å². The number of nitrogens with zero attached hydrogens (tertiary/aromatic N) is 2. The first-order valence-corrected chi connectivity index (χ1v) is 9.26. The summed E-state index contributed by atoms with van der Waals surface area (Å²) in [6.07, 6.45) is 7.52. The molecule has 136 valence electrons. The van der Waals surface area contributed by atoms with Crippen LogP contribution in [-0.2, 0) is 4.79 Å². The van der Waals surface area contributed by atoms with E-state index < -0.39 is 0 Å². The molecule has 2 atom stereocenters. The topological polar surface area (TPSA) is 51.7 Å². The Kier molecular flexibility index (Phi) is 4.78. The van der Waals surface area contributed by atoms with E-state index in [0.29, 0.717) is 0 Å². The van der Waals surface area contributed by atoms with Crippen molar-refractivity contribution in [1.29, 1.82) is 0 Å². The molecule has 2 saturated heterocycles. The lowest BCUT2D eigenvalue weighted by molar-refractivity contribution is -0.139. The van der Waals surface area contributed by atoms with Crippen LogP contribution in [0.1, 0.15) is 31.2 Å². The maximum atomic E-state index is 12.7. The molecule has 0 saturated carbocycles. The van der Waals surface area contributed by atoms with Crippen molar-refractivity contribution in [2.75, 3.05) is 6.61 Å². The number of aromatic nitrogens is 1. The Labute approximate surface area is 153 Å². The molecule has 0 radical (unpaired) electrons. The van der Waals surface area contributed by atoms with Gasteiger partial charge in [0.05, 0.1) is 0 Å². The van der Waals surface area contributed by atoms with Crippen LogP contribution in [0.2, 0.25) is 0 Å². The van der Waals surface area contributed by atoms with Crippen molar-refractivity contribution in [2.45, 2.75) is 50.8 Å². The molecular formula is C21H24N2O3. The molecule has 2 aliphatic heterocycles. The van der Waals surface area contributed by atoms with Gasteiger partial charge in [0.25, 0.3) is 5.91 Å². The molecular weight excluding hydrogens is 328 g/mol. The highest BCUT2D eigenvalue weighted by atomic mass is 16.5. The van der Waals surface area contributed by atoms with Gasteiger partial charge in [-0.25, -0.2) is 0 Å². The maximum absolute atomic E-state index is 12.7. The van der Waals surface area contributed by atoms with E-state index in [1.165, 1.54) is 0 Å². The summed E-state index contributed by atoms with van der Waals surface area (Å²) in [6, 6.07) is 12.1. The third-order valence-corrected chi connectivity index (χ3v) is 5.28. The normalized spacial score (nSPS) is 24.3. The van der Waals surface area contributed by atoms with E-state index in [4.69, 9.17) is 9.47 Å². The molecule has 5 nitrogen and oxygen atoms in total. The number of carbonyl (C=O) groups is 1. The first kappa shape index (κ1) is 16.9. The van der Waals surface area contributed by atoms with Gasteiger partial charge in [-0.15, -0.1) is 0 Å². The van der Waals surface area contributed by atoms with Gasteiger partial charge in [-0.3, -0.25) is 9.78 Å². The number of aryl methyl sites for hydroxylation is 1. The van der Waals surface area contributed by atoms with Crippen molar-refractivity contribution >= 4 is 5.91 Å². The number of amides is 1. The number of fused-ring (bicyclic) bond motifs is 2. The van der Waals surface area contributed by atoms with Crippen molar-refractivity contribution < 1.29 is 14.3 Å². The molecule has 2 bridgehead atoms. The minimum atomic E-state index is 0.0846. The molecule has 0 aliphatic carbocycles. The number of rotatable bonds is 5. The Morgan fingerprint density at radius 3 is 2.54 bits per heavy atom. The molecule has 2 aromatic rings. The monoisotopic (exact) mass is 352 g/mol. The second-order valence-electron chi connectivity index (χ2n) is 7.19.